The van der Waals surface area contributed by atoms with Crippen LogP contribution in [0.15, 0.2) is 11.6 Å². The molecule has 0 fully saturated rings. The molecule has 0 amide bonds. The average Bonchev–Trinajstić information content (AvgIpc) is 2.10. The third-order valence-electron chi connectivity index (χ3n) is 1.97. The van der Waals surface area contributed by atoms with Crippen LogP contribution in [0, 0.1) is 0 Å². The van der Waals surface area contributed by atoms with Crippen molar-refractivity contribution in [1.82, 2.24) is 4.81 Å². The number of hydrogen-bond donors (Lipinski definition) is 0. The van der Waals surface area contributed by atoms with Crippen molar-refractivity contribution < 1.29 is 0 Å². The smallest absolute Gasteiger partial charge is 0.201 e. The van der Waals surface area contributed by atoms with E-state index >= 15 is 0 Å². The summed E-state index contributed by atoms with van der Waals surface area (Å²) >= 11 is 0. The van der Waals surface area contributed by atoms with Crippen LogP contribution in [0.3, 0.4) is 0 Å². The minimum atomic E-state index is 1.17. The van der Waals surface area contributed by atoms with Gasteiger partial charge in [0.25, 0.3) is 0 Å². The zero-order chi connectivity index (χ0) is 8.69. The van der Waals surface area contributed by atoms with E-state index in [9.17, 15) is 0 Å². The van der Waals surface area contributed by atoms with Gasteiger partial charge in [-0.15, -0.1) is 0 Å². The predicted octanol–water partition coefficient (Wildman–Crippen LogP) is 2.06. The van der Waals surface area contributed by atoms with Gasteiger partial charge in [-0.25, -0.2) is 0 Å². The standard InChI is InChI=1S/C7H14BN.C2H6/c1-7-3-5-9(8-2)6-4-7;1-2/h3,8H,4-6H2,1-2H3;1-2H3. The average molecular weight is 153 g/mol. The van der Waals surface area contributed by atoms with E-state index in [2.05, 4.69) is 24.6 Å². The highest BCUT2D eigenvalue weighted by molar-refractivity contribution is 6.29. The number of nitrogens with zero attached hydrogens (tertiary/aromatic N) is 1. The van der Waals surface area contributed by atoms with E-state index in [1.54, 1.807) is 5.57 Å². The molecule has 0 unspecified atom stereocenters. The Labute approximate surface area is 71.7 Å². The van der Waals surface area contributed by atoms with E-state index in [0.717, 1.165) is 0 Å². The molecule has 0 saturated carbocycles. The zero-order valence-electron chi connectivity index (χ0n) is 8.35. The zero-order valence-corrected chi connectivity index (χ0v) is 8.35. The van der Waals surface area contributed by atoms with Crippen LogP contribution < -0.4 is 0 Å². The summed E-state index contributed by atoms with van der Waals surface area (Å²) in [6.45, 7) is 10.9. The molecule has 64 valence electrons. The number of hydrogen-bond acceptors (Lipinski definition) is 1. The van der Waals surface area contributed by atoms with Gasteiger partial charge < -0.3 is 4.81 Å². The van der Waals surface area contributed by atoms with Gasteiger partial charge in [0, 0.05) is 6.54 Å². The first-order valence-corrected chi connectivity index (χ1v) is 4.71. The van der Waals surface area contributed by atoms with Crippen molar-refractivity contribution in [2.24, 2.45) is 0 Å². The Bertz CT molecular complexity index is 121. The topological polar surface area (TPSA) is 3.24 Å². The van der Waals surface area contributed by atoms with Gasteiger partial charge in [0.2, 0.25) is 7.41 Å². The summed E-state index contributed by atoms with van der Waals surface area (Å²) in [7, 11) is 1.20. The molecule has 11 heavy (non-hydrogen) atoms. The molecule has 1 heterocycles. The summed E-state index contributed by atoms with van der Waals surface area (Å²) in [5.41, 5.74) is 1.56. The fraction of sp³-hybridized carbons (Fsp3) is 0.778. The first kappa shape index (κ1) is 10.8. The Morgan fingerprint density at radius 2 is 2.09 bits per heavy atom. The van der Waals surface area contributed by atoms with Gasteiger partial charge in [0.15, 0.2) is 0 Å². The van der Waals surface area contributed by atoms with E-state index in [-0.39, 0.29) is 0 Å². The second kappa shape index (κ2) is 6.47. The van der Waals surface area contributed by atoms with Crippen LogP contribution in [0.4, 0.5) is 0 Å². The highest BCUT2D eigenvalue weighted by Gasteiger charge is 2.05. The van der Waals surface area contributed by atoms with Gasteiger partial charge in [-0.2, -0.15) is 0 Å². The van der Waals surface area contributed by atoms with Crippen LogP contribution in [-0.2, 0) is 0 Å². The fourth-order valence-corrected chi connectivity index (χ4v) is 1.10. The maximum Gasteiger partial charge on any atom is 0.201 e. The Kier molecular flexibility index (Phi) is 6.34. The molecule has 1 aliphatic heterocycles. The Balaban J connectivity index is 0.000000461. The molecule has 0 saturated heterocycles. The van der Waals surface area contributed by atoms with E-state index in [0.29, 0.717) is 0 Å². The van der Waals surface area contributed by atoms with Crippen molar-refractivity contribution in [3.63, 3.8) is 0 Å². The summed E-state index contributed by atoms with van der Waals surface area (Å²) < 4.78 is 0. The summed E-state index contributed by atoms with van der Waals surface area (Å²) in [5, 5.41) is 0. The molecule has 0 spiro atoms. The van der Waals surface area contributed by atoms with Crippen molar-refractivity contribution in [3.8, 4) is 0 Å². The van der Waals surface area contributed by atoms with Crippen LogP contribution in [0.25, 0.3) is 0 Å². The van der Waals surface area contributed by atoms with Gasteiger partial charge in [0.05, 0.1) is 0 Å². The Morgan fingerprint density at radius 3 is 2.45 bits per heavy atom. The van der Waals surface area contributed by atoms with E-state index in [4.69, 9.17) is 0 Å². The van der Waals surface area contributed by atoms with Crippen molar-refractivity contribution in [3.05, 3.63) is 11.6 Å². The molecular weight excluding hydrogens is 133 g/mol. The molecule has 0 bridgehead atoms. The van der Waals surface area contributed by atoms with Crippen LogP contribution in [0.2, 0.25) is 6.82 Å². The molecule has 0 aliphatic carbocycles. The summed E-state index contributed by atoms with van der Waals surface area (Å²) in [6.07, 6.45) is 3.60. The third-order valence-corrected chi connectivity index (χ3v) is 1.97. The van der Waals surface area contributed by atoms with E-state index < -0.39 is 0 Å². The highest BCUT2D eigenvalue weighted by atomic mass is 15.0. The third kappa shape index (κ3) is 4.25. The molecular formula is C9H20BN. The minimum absolute atomic E-state index is 1.17. The second-order valence-corrected chi connectivity index (χ2v) is 2.69. The Morgan fingerprint density at radius 1 is 1.45 bits per heavy atom. The molecule has 0 radical (unpaired) electrons. The van der Waals surface area contributed by atoms with Crippen LogP contribution in [0.1, 0.15) is 27.2 Å². The predicted molar refractivity (Wildman–Crippen MR) is 54.3 cm³/mol. The molecule has 0 aromatic rings. The SMILES string of the molecule is CBN1CC=C(C)CC1.CC. The molecule has 0 N–H and O–H groups in total. The molecule has 1 aliphatic rings. The molecule has 2 heteroatoms. The van der Waals surface area contributed by atoms with Gasteiger partial charge >= 0.3 is 0 Å². The maximum absolute atomic E-state index is 2.45. The lowest BCUT2D eigenvalue weighted by Crippen LogP contribution is -2.30. The summed E-state index contributed by atoms with van der Waals surface area (Å²) in [5.74, 6) is 0. The van der Waals surface area contributed by atoms with Gasteiger partial charge in [-0.3, -0.25) is 0 Å². The van der Waals surface area contributed by atoms with Crippen molar-refractivity contribution in [2.75, 3.05) is 13.1 Å². The molecule has 0 aromatic heterocycles. The first-order valence-electron chi connectivity index (χ1n) is 4.71. The highest BCUT2D eigenvalue weighted by Crippen LogP contribution is 2.07. The lowest BCUT2D eigenvalue weighted by molar-refractivity contribution is 0.472. The summed E-state index contributed by atoms with van der Waals surface area (Å²) in [6, 6.07) is 0. The van der Waals surface area contributed by atoms with Crippen molar-refractivity contribution in [1.29, 1.82) is 0 Å². The monoisotopic (exact) mass is 153 g/mol. The maximum atomic E-state index is 2.45. The van der Waals surface area contributed by atoms with E-state index in [1.807, 2.05) is 13.8 Å². The van der Waals surface area contributed by atoms with Crippen LogP contribution >= 0.6 is 0 Å². The first-order chi connectivity index (χ1) is 5.33. The minimum Gasteiger partial charge on any atom is -0.342 e. The molecule has 1 nitrogen and oxygen atoms in total. The van der Waals surface area contributed by atoms with Crippen molar-refractivity contribution in [2.45, 2.75) is 34.0 Å². The fourth-order valence-electron chi connectivity index (χ4n) is 1.10. The molecule has 1 rings (SSSR count). The quantitative estimate of drug-likeness (QED) is 0.411. The van der Waals surface area contributed by atoms with Gasteiger partial charge in [-0.05, 0) is 19.9 Å². The molecule has 0 aromatic carbocycles. The largest absolute Gasteiger partial charge is 0.342 e. The van der Waals surface area contributed by atoms with Crippen molar-refractivity contribution >= 4 is 7.41 Å². The van der Waals surface area contributed by atoms with Crippen LogP contribution in [0.5, 0.6) is 0 Å². The lowest BCUT2D eigenvalue weighted by Gasteiger charge is -2.22. The summed E-state index contributed by atoms with van der Waals surface area (Å²) in [4.78, 5) is 2.45. The Hall–Kier alpha value is -0.235. The number of rotatable bonds is 1. The normalized spacial score (nSPS) is 18.0. The lowest BCUT2D eigenvalue weighted by atomic mass is 9.93. The van der Waals surface area contributed by atoms with Gasteiger partial charge in [0.1, 0.15) is 0 Å². The molecule has 0 atom stereocenters. The van der Waals surface area contributed by atoms with Crippen LogP contribution in [-0.4, -0.2) is 25.3 Å². The van der Waals surface area contributed by atoms with Gasteiger partial charge in [-0.1, -0.05) is 32.3 Å². The second-order valence-electron chi connectivity index (χ2n) is 2.69. The van der Waals surface area contributed by atoms with E-state index in [1.165, 1.54) is 26.9 Å².